The fourth-order valence-electron chi connectivity index (χ4n) is 2.23. The van der Waals surface area contributed by atoms with Gasteiger partial charge in [-0.15, -0.1) is 0 Å². The van der Waals surface area contributed by atoms with Crippen LogP contribution in [0.5, 0.6) is 5.75 Å². The third kappa shape index (κ3) is 2.99. The normalized spacial score (nSPS) is 13.9. The lowest BCUT2D eigenvalue weighted by Gasteiger charge is -2.29. The summed E-state index contributed by atoms with van der Waals surface area (Å²) >= 11 is 0. The van der Waals surface area contributed by atoms with Crippen LogP contribution in [0.1, 0.15) is 30.1 Å². The first-order valence-electron chi connectivity index (χ1n) is 6.92. The van der Waals surface area contributed by atoms with E-state index in [2.05, 4.69) is 5.32 Å². The third-order valence-corrected chi connectivity index (χ3v) is 3.27. The van der Waals surface area contributed by atoms with E-state index in [1.807, 2.05) is 14.0 Å². The van der Waals surface area contributed by atoms with Crippen molar-refractivity contribution in [3.63, 3.8) is 0 Å². The molecular weight excluding hydrogens is 256 g/mol. The molecule has 0 aliphatic carbocycles. The number of anilines is 1. The molecule has 0 spiro atoms. The first-order valence-corrected chi connectivity index (χ1v) is 6.92. The summed E-state index contributed by atoms with van der Waals surface area (Å²) in [5, 5.41) is 2.96. The van der Waals surface area contributed by atoms with Crippen molar-refractivity contribution in [2.75, 3.05) is 31.6 Å². The van der Waals surface area contributed by atoms with Gasteiger partial charge in [-0.1, -0.05) is 6.92 Å². The molecule has 1 aromatic rings. The molecule has 1 N–H and O–H groups in total. The summed E-state index contributed by atoms with van der Waals surface area (Å²) in [6, 6.07) is 5.30. The maximum Gasteiger partial charge on any atom is 0.265 e. The molecule has 1 aromatic carbocycles. The minimum Gasteiger partial charge on any atom is -0.482 e. The number of nitrogens with zero attached hydrogens (tertiary/aromatic N) is 1. The maximum absolute atomic E-state index is 12.1. The number of nitrogens with one attached hydrogen (secondary N) is 1. The van der Waals surface area contributed by atoms with Gasteiger partial charge in [0.1, 0.15) is 5.75 Å². The Hall–Kier alpha value is -1.88. The molecule has 1 amide bonds. The van der Waals surface area contributed by atoms with E-state index in [9.17, 15) is 9.59 Å². The summed E-state index contributed by atoms with van der Waals surface area (Å²) in [4.78, 5) is 25.7. The number of carbonyl (C=O) groups excluding carboxylic acids is 2. The summed E-state index contributed by atoms with van der Waals surface area (Å²) in [7, 11) is 1.82. The lowest BCUT2D eigenvalue weighted by atomic mass is 10.1. The van der Waals surface area contributed by atoms with Crippen LogP contribution in [0.4, 0.5) is 5.69 Å². The number of amides is 1. The molecule has 108 valence electrons. The van der Waals surface area contributed by atoms with Crippen LogP contribution in [0.15, 0.2) is 18.2 Å². The third-order valence-electron chi connectivity index (χ3n) is 3.27. The van der Waals surface area contributed by atoms with E-state index in [1.54, 1.807) is 23.1 Å². The highest BCUT2D eigenvalue weighted by Crippen LogP contribution is 2.33. The Kier molecular flexibility index (Phi) is 4.74. The van der Waals surface area contributed by atoms with Gasteiger partial charge in [0, 0.05) is 25.1 Å². The van der Waals surface area contributed by atoms with Crippen LogP contribution in [0.3, 0.4) is 0 Å². The van der Waals surface area contributed by atoms with Crippen molar-refractivity contribution in [2.24, 2.45) is 0 Å². The van der Waals surface area contributed by atoms with Crippen LogP contribution in [0.25, 0.3) is 0 Å². The predicted molar refractivity (Wildman–Crippen MR) is 77.5 cm³/mol. The molecular formula is C15H20N2O3. The highest BCUT2D eigenvalue weighted by Gasteiger charge is 2.25. The van der Waals surface area contributed by atoms with Gasteiger partial charge >= 0.3 is 0 Å². The topological polar surface area (TPSA) is 58.6 Å². The van der Waals surface area contributed by atoms with Crippen LogP contribution in [0.2, 0.25) is 0 Å². The van der Waals surface area contributed by atoms with Gasteiger partial charge in [-0.3, -0.25) is 9.59 Å². The quantitative estimate of drug-likeness (QED) is 0.802. The Morgan fingerprint density at radius 1 is 1.45 bits per heavy atom. The Balaban J connectivity index is 2.28. The van der Waals surface area contributed by atoms with Crippen molar-refractivity contribution in [2.45, 2.75) is 19.8 Å². The van der Waals surface area contributed by atoms with Crippen molar-refractivity contribution >= 4 is 17.4 Å². The summed E-state index contributed by atoms with van der Waals surface area (Å²) in [6.07, 6.45) is 1.31. The number of fused-ring (bicyclic) bond motifs is 1. The molecule has 0 radical (unpaired) electrons. The first kappa shape index (κ1) is 14.5. The van der Waals surface area contributed by atoms with E-state index in [4.69, 9.17) is 4.74 Å². The average Bonchev–Trinajstić information content (AvgIpc) is 2.47. The zero-order valence-electron chi connectivity index (χ0n) is 11.9. The number of hydrogen-bond donors (Lipinski definition) is 1. The van der Waals surface area contributed by atoms with Gasteiger partial charge in [-0.05, 0) is 31.7 Å². The molecule has 1 aliphatic heterocycles. The van der Waals surface area contributed by atoms with Gasteiger partial charge in [0.25, 0.3) is 5.91 Å². The number of hydrogen-bond acceptors (Lipinski definition) is 4. The van der Waals surface area contributed by atoms with E-state index in [0.29, 0.717) is 36.5 Å². The van der Waals surface area contributed by atoms with Gasteiger partial charge < -0.3 is 15.0 Å². The largest absolute Gasteiger partial charge is 0.482 e. The fourth-order valence-corrected chi connectivity index (χ4v) is 2.23. The SMILES string of the molecule is CCCN1C(=O)COc2ccc(C(=O)CCNC)cc21. The van der Waals surface area contributed by atoms with E-state index in [1.165, 1.54) is 0 Å². The zero-order chi connectivity index (χ0) is 14.5. The van der Waals surface area contributed by atoms with E-state index in [-0.39, 0.29) is 18.3 Å². The molecule has 0 bridgehead atoms. The molecule has 1 aliphatic rings. The minimum atomic E-state index is -0.0563. The molecule has 20 heavy (non-hydrogen) atoms. The van der Waals surface area contributed by atoms with Crippen molar-refractivity contribution < 1.29 is 14.3 Å². The zero-order valence-corrected chi connectivity index (χ0v) is 11.9. The standard InChI is InChI=1S/C15H20N2O3/c1-3-8-17-12-9-11(13(18)6-7-16-2)4-5-14(12)20-10-15(17)19/h4-5,9,16H,3,6-8,10H2,1-2H3. The second kappa shape index (κ2) is 6.52. The number of carbonyl (C=O) groups is 2. The van der Waals surface area contributed by atoms with Crippen molar-refractivity contribution in [3.05, 3.63) is 23.8 Å². The summed E-state index contributed by atoms with van der Waals surface area (Å²) in [6.45, 7) is 3.37. The van der Waals surface area contributed by atoms with Crippen LogP contribution in [-0.2, 0) is 4.79 Å². The summed E-state index contributed by atoms with van der Waals surface area (Å²) in [5.74, 6) is 0.680. The molecule has 0 fully saturated rings. The molecule has 1 heterocycles. The highest BCUT2D eigenvalue weighted by atomic mass is 16.5. The number of ketones is 1. The van der Waals surface area contributed by atoms with Crippen LogP contribution in [0, 0.1) is 0 Å². The number of ether oxygens (including phenoxy) is 1. The highest BCUT2D eigenvalue weighted by molar-refractivity contribution is 6.02. The fraction of sp³-hybridized carbons (Fsp3) is 0.467. The van der Waals surface area contributed by atoms with Crippen LogP contribution < -0.4 is 15.0 Å². The Morgan fingerprint density at radius 2 is 2.25 bits per heavy atom. The van der Waals surface area contributed by atoms with Crippen molar-refractivity contribution in [1.82, 2.24) is 5.32 Å². The molecule has 0 atom stereocenters. The minimum absolute atomic E-state index is 0.0563. The Morgan fingerprint density at radius 3 is 2.95 bits per heavy atom. The second-order valence-electron chi connectivity index (χ2n) is 4.79. The van der Waals surface area contributed by atoms with Gasteiger partial charge in [0.05, 0.1) is 5.69 Å². The molecule has 5 heteroatoms. The number of benzene rings is 1. The van der Waals surface area contributed by atoms with Gasteiger partial charge in [0.15, 0.2) is 12.4 Å². The van der Waals surface area contributed by atoms with Crippen LogP contribution >= 0.6 is 0 Å². The second-order valence-corrected chi connectivity index (χ2v) is 4.79. The molecule has 0 saturated carbocycles. The van der Waals surface area contributed by atoms with E-state index in [0.717, 1.165) is 6.42 Å². The van der Waals surface area contributed by atoms with Gasteiger partial charge in [-0.2, -0.15) is 0 Å². The Labute approximate surface area is 118 Å². The molecule has 0 aromatic heterocycles. The summed E-state index contributed by atoms with van der Waals surface area (Å²) in [5.41, 5.74) is 1.33. The van der Waals surface area contributed by atoms with Gasteiger partial charge in [0.2, 0.25) is 0 Å². The molecule has 0 saturated heterocycles. The van der Waals surface area contributed by atoms with Crippen molar-refractivity contribution in [1.29, 1.82) is 0 Å². The number of rotatable bonds is 6. The van der Waals surface area contributed by atoms with E-state index >= 15 is 0 Å². The monoisotopic (exact) mass is 276 g/mol. The van der Waals surface area contributed by atoms with Crippen molar-refractivity contribution in [3.8, 4) is 5.75 Å². The predicted octanol–water partition coefficient (Wildman–Crippen LogP) is 1.61. The molecule has 5 nitrogen and oxygen atoms in total. The molecule has 2 rings (SSSR count). The lowest BCUT2D eigenvalue weighted by Crippen LogP contribution is -2.39. The lowest BCUT2D eigenvalue weighted by molar-refractivity contribution is -0.121. The number of Topliss-reactive ketones (excluding diaryl/α,β-unsaturated/α-hetero) is 1. The average molecular weight is 276 g/mol. The smallest absolute Gasteiger partial charge is 0.265 e. The Bertz CT molecular complexity index is 514. The van der Waals surface area contributed by atoms with Crippen LogP contribution in [-0.4, -0.2) is 38.4 Å². The maximum atomic E-state index is 12.1. The summed E-state index contributed by atoms with van der Waals surface area (Å²) < 4.78 is 5.41. The first-order chi connectivity index (χ1) is 9.67. The molecule has 0 unspecified atom stereocenters. The van der Waals surface area contributed by atoms with Gasteiger partial charge in [-0.25, -0.2) is 0 Å². The van der Waals surface area contributed by atoms with E-state index < -0.39 is 0 Å².